The van der Waals surface area contributed by atoms with E-state index in [1.54, 1.807) is 30.5 Å². The van der Waals surface area contributed by atoms with Crippen molar-refractivity contribution < 1.29 is 18.7 Å². The van der Waals surface area contributed by atoms with Crippen molar-refractivity contribution in [2.45, 2.75) is 6.04 Å². The van der Waals surface area contributed by atoms with E-state index in [2.05, 4.69) is 25.2 Å². The molecule has 2 aromatic heterocycles. The lowest BCUT2D eigenvalue weighted by atomic mass is 10.1. The summed E-state index contributed by atoms with van der Waals surface area (Å²) in [5.41, 5.74) is 1.77. The van der Waals surface area contributed by atoms with Crippen LogP contribution < -0.4 is 10.2 Å². The number of hydrogen-bond acceptors (Lipinski definition) is 8. The molecule has 4 rings (SSSR count). The molecule has 1 saturated heterocycles. The van der Waals surface area contributed by atoms with E-state index in [1.807, 2.05) is 0 Å². The molecule has 1 aromatic carbocycles. The number of halogens is 1. The van der Waals surface area contributed by atoms with Crippen LogP contribution in [0.4, 0.5) is 5.69 Å². The normalized spacial score (nSPS) is 15.0. The van der Waals surface area contributed by atoms with Crippen molar-refractivity contribution in [1.29, 1.82) is 0 Å². The molecular weight excluding hydrogens is 460 g/mol. The highest BCUT2D eigenvalue weighted by Crippen LogP contribution is 2.30. The van der Waals surface area contributed by atoms with Crippen LogP contribution in [0.1, 0.15) is 11.6 Å². The summed E-state index contributed by atoms with van der Waals surface area (Å²) in [6.45, 7) is 4.11. The first kappa shape index (κ1) is 23.8. The lowest BCUT2D eigenvalue weighted by Gasteiger charge is -2.31. The van der Waals surface area contributed by atoms with Gasteiger partial charge in [-0.05, 0) is 24.3 Å². The summed E-state index contributed by atoms with van der Waals surface area (Å²) in [7, 11) is 0. The standard InChI is InChI=1S/C23H25ClN6O4/c24-11-21(31)30(19-3-1-17(2-4-19)20-14-27-16-34-20)22(18-12-25-15-26-13-18)23(32)28-5-6-29-7-9-33-10-8-29/h1-4,12-16,22H,5-11H2,(H,28,32). The number of ether oxygens (including phenoxy) is 1. The third-order valence-corrected chi connectivity index (χ3v) is 5.71. The smallest absolute Gasteiger partial charge is 0.248 e. The SMILES string of the molecule is O=C(NCCN1CCOCC1)C(c1cncnc1)N(C(=O)CCl)c1ccc(-c2cnco2)cc1. The molecule has 34 heavy (non-hydrogen) atoms. The van der Waals surface area contributed by atoms with Crippen molar-refractivity contribution in [2.75, 3.05) is 50.2 Å². The van der Waals surface area contributed by atoms with Crippen LogP contribution in [0.2, 0.25) is 0 Å². The van der Waals surface area contributed by atoms with Gasteiger partial charge >= 0.3 is 0 Å². The number of anilines is 1. The van der Waals surface area contributed by atoms with Gasteiger partial charge in [-0.3, -0.25) is 19.4 Å². The minimum atomic E-state index is -0.992. The number of amides is 2. The van der Waals surface area contributed by atoms with Crippen molar-refractivity contribution in [2.24, 2.45) is 0 Å². The Labute approximate surface area is 201 Å². The zero-order valence-electron chi connectivity index (χ0n) is 18.5. The lowest BCUT2D eigenvalue weighted by Crippen LogP contribution is -2.47. The molecule has 178 valence electrons. The summed E-state index contributed by atoms with van der Waals surface area (Å²) < 4.78 is 10.7. The van der Waals surface area contributed by atoms with E-state index >= 15 is 0 Å². The molecule has 3 heterocycles. The second-order valence-corrected chi connectivity index (χ2v) is 7.90. The van der Waals surface area contributed by atoms with Crippen molar-refractivity contribution in [3.63, 3.8) is 0 Å². The summed E-state index contributed by atoms with van der Waals surface area (Å²) in [5.74, 6) is -0.475. The van der Waals surface area contributed by atoms with E-state index in [0.717, 1.165) is 18.7 Å². The fourth-order valence-corrected chi connectivity index (χ4v) is 3.90. The fraction of sp³-hybridized carbons (Fsp3) is 0.348. The molecule has 0 radical (unpaired) electrons. The van der Waals surface area contributed by atoms with Crippen LogP contribution in [0.5, 0.6) is 0 Å². The lowest BCUT2D eigenvalue weighted by molar-refractivity contribution is -0.126. The molecular formula is C23H25ClN6O4. The number of aromatic nitrogens is 3. The van der Waals surface area contributed by atoms with Gasteiger partial charge in [0.15, 0.2) is 12.2 Å². The Bertz CT molecular complexity index is 1060. The topological polar surface area (TPSA) is 114 Å². The summed E-state index contributed by atoms with van der Waals surface area (Å²) >= 11 is 5.96. The average Bonchev–Trinajstić information content (AvgIpc) is 3.43. The van der Waals surface area contributed by atoms with Crippen LogP contribution in [0.3, 0.4) is 0 Å². The van der Waals surface area contributed by atoms with Crippen LogP contribution in [0.25, 0.3) is 11.3 Å². The largest absolute Gasteiger partial charge is 0.444 e. The van der Waals surface area contributed by atoms with Crippen molar-refractivity contribution in [3.05, 3.63) is 61.1 Å². The second-order valence-electron chi connectivity index (χ2n) is 7.63. The molecule has 1 aliphatic rings. The van der Waals surface area contributed by atoms with Gasteiger partial charge in [-0.2, -0.15) is 0 Å². The van der Waals surface area contributed by atoms with Crippen LogP contribution in [-0.4, -0.2) is 76.9 Å². The molecule has 1 atom stereocenters. The molecule has 1 fully saturated rings. The van der Waals surface area contributed by atoms with E-state index in [4.69, 9.17) is 20.8 Å². The van der Waals surface area contributed by atoms with Gasteiger partial charge in [0.1, 0.15) is 18.2 Å². The van der Waals surface area contributed by atoms with Crippen LogP contribution in [0, 0.1) is 0 Å². The summed E-state index contributed by atoms with van der Waals surface area (Å²) in [6, 6.07) is 6.06. The average molecular weight is 485 g/mol. The number of alkyl halides is 1. The third-order valence-electron chi connectivity index (χ3n) is 5.48. The number of benzene rings is 1. The van der Waals surface area contributed by atoms with E-state index in [9.17, 15) is 9.59 Å². The number of morpholine rings is 1. The highest BCUT2D eigenvalue weighted by molar-refractivity contribution is 6.29. The van der Waals surface area contributed by atoms with E-state index in [-0.39, 0.29) is 11.8 Å². The molecule has 0 aliphatic carbocycles. The third kappa shape index (κ3) is 5.77. The molecule has 0 saturated carbocycles. The molecule has 3 aromatic rings. The summed E-state index contributed by atoms with van der Waals surface area (Å²) in [6.07, 6.45) is 7.37. The number of carbonyl (C=O) groups excluding carboxylic acids is 2. The maximum absolute atomic E-state index is 13.4. The number of rotatable bonds is 9. The minimum Gasteiger partial charge on any atom is -0.444 e. The highest BCUT2D eigenvalue weighted by Gasteiger charge is 2.33. The zero-order valence-corrected chi connectivity index (χ0v) is 19.2. The van der Waals surface area contributed by atoms with Crippen LogP contribution >= 0.6 is 11.6 Å². The first-order chi connectivity index (χ1) is 16.7. The van der Waals surface area contributed by atoms with Gasteiger partial charge in [-0.25, -0.2) is 15.0 Å². The van der Waals surface area contributed by atoms with Gasteiger partial charge < -0.3 is 14.5 Å². The molecule has 1 aliphatic heterocycles. The molecule has 11 heteroatoms. The monoisotopic (exact) mass is 484 g/mol. The van der Waals surface area contributed by atoms with Gasteiger partial charge in [0.25, 0.3) is 0 Å². The molecule has 2 amide bonds. The number of carbonyl (C=O) groups is 2. The molecule has 0 bridgehead atoms. The predicted octanol–water partition coefficient (Wildman–Crippen LogP) is 1.89. The number of nitrogens with one attached hydrogen (secondary N) is 1. The Hall–Kier alpha value is -3.34. The Kier molecular flexibility index (Phi) is 8.18. The van der Waals surface area contributed by atoms with Gasteiger partial charge in [0, 0.05) is 55.4 Å². The van der Waals surface area contributed by atoms with E-state index in [0.29, 0.717) is 43.3 Å². The van der Waals surface area contributed by atoms with E-state index < -0.39 is 11.9 Å². The first-order valence-electron chi connectivity index (χ1n) is 10.9. The van der Waals surface area contributed by atoms with Crippen LogP contribution in [0.15, 0.2) is 60.0 Å². The van der Waals surface area contributed by atoms with Gasteiger partial charge in [0.05, 0.1) is 19.4 Å². The highest BCUT2D eigenvalue weighted by atomic mass is 35.5. The van der Waals surface area contributed by atoms with Crippen molar-refractivity contribution >= 4 is 29.1 Å². The van der Waals surface area contributed by atoms with Gasteiger partial charge in [0.2, 0.25) is 11.8 Å². The Morgan fingerprint density at radius 2 is 1.82 bits per heavy atom. The Morgan fingerprint density at radius 1 is 1.09 bits per heavy atom. The number of hydrogen-bond donors (Lipinski definition) is 1. The Balaban J connectivity index is 1.58. The van der Waals surface area contributed by atoms with Gasteiger partial charge in [-0.1, -0.05) is 0 Å². The zero-order chi connectivity index (χ0) is 23.8. The molecule has 0 spiro atoms. The van der Waals surface area contributed by atoms with Gasteiger partial charge in [-0.15, -0.1) is 11.6 Å². The second kappa shape index (κ2) is 11.7. The van der Waals surface area contributed by atoms with Crippen LogP contribution in [-0.2, 0) is 14.3 Å². The predicted molar refractivity (Wildman–Crippen MR) is 125 cm³/mol. The quantitative estimate of drug-likeness (QED) is 0.458. The fourth-order valence-electron chi connectivity index (χ4n) is 3.77. The molecule has 10 nitrogen and oxygen atoms in total. The number of nitrogens with zero attached hydrogens (tertiary/aromatic N) is 5. The molecule has 1 N–H and O–H groups in total. The maximum atomic E-state index is 13.4. The summed E-state index contributed by atoms with van der Waals surface area (Å²) in [4.78, 5) is 42.0. The van der Waals surface area contributed by atoms with Crippen molar-refractivity contribution in [1.82, 2.24) is 25.2 Å². The van der Waals surface area contributed by atoms with Crippen molar-refractivity contribution in [3.8, 4) is 11.3 Å². The van der Waals surface area contributed by atoms with E-state index in [1.165, 1.54) is 30.0 Å². The first-order valence-corrected chi connectivity index (χ1v) is 11.4. The molecule has 1 unspecified atom stereocenters. The Morgan fingerprint density at radius 3 is 2.47 bits per heavy atom. The number of oxazole rings is 1. The minimum absolute atomic E-state index is 0.297. The maximum Gasteiger partial charge on any atom is 0.248 e. The summed E-state index contributed by atoms with van der Waals surface area (Å²) in [5, 5.41) is 2.95.